The molecular weight excluding hydrogens is 682 g/mol. The van der Waals surface area contributed by atoms with Crippen LogP contribution in [0.15, 0.2) is 199 Å². The van der Waals surface area contributed by atoms with Crippen molar-refractivity contribution in [3.8, 4) is 22.3 Å². The lowest BCUT2D eigenvalue weighted by molar-refractivity contribution is 0.764. The van der Waals surface area contributed by atoms with Crippen LogP contribution in [0, 0.1) is 0 Å². The summed E-state index contributed by atoms with van der Waals surface area (Å²) in [4.78, 5) is 2.44. The molecule has 0 amide bonds. The Hall–Kier alpha value is -5.70. The van der Waals surface area contributed by atoms with E-state index in [0.717, 1.165) is 34.4 Å². The summed E-state index contributed by atoms with van der Waals surface area (Å²) in [5.74, 6) is 0. The lowest BCUT2D eigenvalue weighted by Crippen LogP contribution is -2.29. The van der Waals surface area contributed by atoms with E-state index in [1.54, 1.807) is 0 Å². The maximum absolute atomic E-state index is 4.13. The molecule has 0 atom stereocenters. The van der Waals surface area contributed by atoms with Crippen LogP contribution in [0.4, 0.5) is 17.1 Å². The Balaban J connectivity index is 1.31. The smallest absolute Gasteiger partial charge is 0.0725 e. The van der Waals surface area contributed by atoms with Crippen LogP contribution >= 0.6 is 15.9 Å². The predicted octanol–water partition coefficient (Wildman–Crippen LogP) is 13.7. The van der Waals surface area contributed by atoms with Crippen molar-refractivity contribution >= 4 is 38.6 Å². The normalized spacial score (nSPS) is 14.0. The van der Waals surface area contributed by atoms with E-state index in [2.05, 4.69) is 215 Å². The fraction of sp³-hybridized carbons (Fsp3) is 0.0612. The molecule has 9 rings (SSSR count). The van der Waals surface area contributed by atoms with Crippen LogP contribution < -0.4 is 4.90 Å². The average molecular weight is 719 g/mol. The van der Waals surface area contributed by atoms with E-state index in [0.29, 0.717) is 0 Å². The highest BCUT2D eigenvalue weighted by atomic mass is 79.9. The van der Waals surface area contributed by atoms with Gasteiger partial charge < -0.3 is 4.90 Å². The first-order chi connectivity index (χ1) is 25.2. The van der Waals surface area contributed by atoms with Gasteiger partial charge in [-0.2, -0.15) is 0 Å². The summed E-state index contributed by atoms with van der Waals surface area (Å²) in [6.45, 7) is 0. The van der Waals surface area contributed by atoms with Crippen LogP contribution in [0.3, 0.4) is 0 Å². The molecule has 51 heavy (non-hydrogen) atoms. The molecule has 1 nitrogen and oxygen atoms in total. The van der Waals surface area contributed by atoms with Crippen molar-refractivity contribution in [2.75, 3.05) is 4.90 Å². The second-order valence-corrected chi connectivity index (χ2v) is 14.1. The van der Waals surface area contributed by atoms with Gasteiger partial charge in [-0.05, 0) is 99.3 Å². The third-order valence-corrected chi connectivity index (χ3v) is 11.1. The first kappa shape index (κ1) is 31.3. The van der Waals surface area contributed by atoms with Crippen LogP contribution in [-0.4, -0.2) is 0 Å². The number of hydrogen-bond acceptors (Lipinski definition) is 1. The zero-order chi connectivity index (χ0) is 34.2. The molecule has 7 aromatic carbocycles. The van der Waals surface area contributed by atoms with E-state index in [1.165, 1.54) is 55.6 Å². The quantitative estimate of drug-likeness (QED) is 0.159. The van der Waals surface area contributed by atoms with E-state index in [4.69, 9.17) is 0 Å². The summed E-state index contributed by atoms with van der Waals surface area (Å²) < 4.78 is 1.09. The van der Waals surface area contributed by atoms with Crippen LogP contribution in [0.1, 0.15) is 40.7 Å². The van der Waals surface area contributed by atoms with Gasteiger partial charge in [-0.25, -0.2) is 0 Å². The molecule has 2 aliphatic carbocycles. The minimum atomic E-state index is -0.518. The van der Waals surface area contributed by atoms with Crippen LogP contribution in [-0.2, 0) is 5.41 Å². The van der Waals surface area contributed by atoms with E-state index >= 15 is 0 Å². The number of rotatable bonds is 7. The highest BCUT2D eigenvalue weighted by Crippen LogP contribution is 2.61. The predicted molar refractivity (Wildman–Crippen MR) is 218 cm³/mol. The SMILES string of the molecule is Brc1ccc(N(c2ccc(C3=CCCC=C3)cc2)c2ccc(-c3ccccc3)cc2)c2c1C(c1ccccc1)(c1ccccc1)c1ccccc1-2. The van der Waals surface area contributed by atoms with E-state index in [-0.39, 0.29) is 0 Å². The van der Waals surface area contributed by atoms with Gasteiger partial charge in [-0.3, -0.25) is 0 Å². The lowest BCUT2D eigenvalue weighted by Gasteiger charge is -2.35. The molecule has 0 saturated heterocycles. The first-order valence-electron chi connectivity index (χ1n) is 17.7. The maximum atomic E-state index is 4.13. The Kier molecular flexibility index (Phi) is 8.10. The highest BCUT2D eigenvalue weighted by Gasteiger charge is 2.48. The zero-order valence-corrected chi connectivity index (χ0v) is 29.8. The standard InChI is InChI=1S/C49H36BrN/c50-45-33-34-46(47-43-23-13-14-24-44(43)49(48(45)47,39-19-9-3-10-20-39)40-21-11-4-12-22-40)51(41-29-25-37(26-30-41)35-15-5-1-6-16-35)42-31-27-38(28-32-42)36-17-7-2-8-18-36/h1,3-7,9-34H,2,8H2. The molecule has 2 aliphatic rings. The molecule has 244 valence electrons. The molecule has 0 spiro atoms. The number of hydrogen-bond donors (Lipinski definition) is 0. The molecule has 0 fully saturated rings. The van der Waals surface area contributed by atoms with Crippen molar-refractivity contribution in [2.45, 2.75) is 18.3 Å². The fourth-order valence-electron chi connectivity index (χ4n) is 8.19. The van der Waals surface area contributed by atoms with E-state index < -0.39 is 5.41 Å². The van der Waals surface area contributed by atoms with Crippen molar-refractivity contribution in [2.24, 2.45) is 0 Å². The molecule has 2 heteroatoms. The molecular formula is C49H36BrN. The molecule has 0 heterocycles. The van der Waals surface area contributed by atoms with Gasteiger partial charge in [0.1, 0.15) is 0 Å². The second kappa shape index (κ2) is 13.2. The average Bonchev–Trinajstić information content (AvgIpc) is 3.54. The summed E-state index contributed by atoms with van der Waals surface area (Å²) in [5.41, 5.74) is 15.3. The van der Waals surface area contributed by atoms with Gasteiger partial charge in [0, 0.05) is 21.4 Å². The van der Waals surface area contributed by atoms with Crippen molar-refractivity contribution in [3.05, 3.63) is 226 Å². The molecule has 0 unspecified atom stereocenters. The third-order valence-electron chi connectivity index (χ3n) is 10.4. The molecule has 0 radical (unpaired) electrons. The molecule has 7 aromatic rings. The Morgan fingerprint density at radius 1 is 0.490 bits per heavy atom. The lowest BCUT2D eigenvalue weighted by atomic mass is 9.67. The van der Waals surface area contributed by atoms with E-state index in [1.807, 2.05) is 0 Å². The van der Waals surface area contributed by atoms with Gasteiger partial charge in [0.2, 0.25) is 0 Å². The van der Waals surface area contributed by atoms with Crippen molar-refractivity contribution in [1.82, 2.24) is 0 Å². The molecule has 0 aliphatic heterocycles. The molecule has 0 saturated carbocycles. The molecule has 0 aromatic heterocycles. The third kappa shape index (κ3) is 5.30. The summed E-state index contributed by atoms with van der Waals surface area (Å²) in [6, 6.07) is 64.3. The van der Waals surface area contributed by atoms with Crippen LogP contribution in [0.25, 0.3) is 27.8 Å². The summed E-state index contributed by atoms with van der Waals surface area (Å²) in [6.07, 6.45) is 9.07. The Bertz CT molecular complexity index is 2350. The zero-order valence-electron chi connectivity index (χ0n) is 28.2. The van der Waals surface area contributed by atoms with Crippen molar-refractivity contribution in [3.63, 3.8) is 0 Å². The van der Waals surface area contributed by atoms with Gasteiger partial charge >= 0.3 is 0 Å². The number of fused-ring (bicyclic) bond motifs is 3. The van der Waals surface area contributed by atoms with Crippen molar-refractivity contribution < 1.29 is 0 Å². The summed E-state index contributed by atoms with van der Waals surface area (Å²) in [5, 5.41) is 0. The highest BCUT2D eigenvalue weighted by molar-refractivity contribution is 9.10. The molecule has 0 bridgehead atoms. The number of halogens is 1. The van der Waals surface area contributed by atoms with Crippen LogP contribution in [0.5, 0.6) is 0 Å². The minimum Gasteiger partial charge on any atom is -0.310 e. The van der Waals surface area contributed by atoms with Gasteiger partial charge in [0.15, 0.2) is 0 Å². The summed E-state index contributed by atoms with van der Waals surface area (Å²) >= 11 is 4.13. The summed E-state index contributed by atoms with van der Waals surface area (Å²) in [7, 11) is 0. The Morgan fingerprint density at radius 3 is 1.65 bits per heavy atom. The largest absolute Gasteiger partial charge is 0.310 e. The molecule has 0 N–H and O–H groups in total. The maximum Gasteiger partial charge on any atom is 0.0725 e. The van der Waals surface area contributed by atoms with Crippen molar-refractivity contribution in [1.29, 1.82) is 0 Å². The van der Waals surface area contributed by atoms with Gasteiger partial charge in [0.05, 0.1) is 11.1 Å². The topological polar surface area (TPSA) is 3.24 Å². The number of anilines is 3. The van der Waals surface area contributed by atoms with Gasteiger partial charge in [-0.15, -0.1) is 0 Å². The number of benzene rings is 7. The second-order valence-electron chi connectivity index (χ2n) is 13.3. The fourth-order valence-corrected chi connectivity index (χ4v) is 8.82. The first-order valence-corrected chi connectivity index (χ1v) is 18.5. The Labute approximate surface area is 309 Å². The Morgan fingerprint density at radius 2 is 1.04 bits per heavy atom. The van der Waals surface area contributed by atoms with Gasteiger partial charge in [-0.1, -0.05) is 174 Å². The minimum absolute atomic E-state index is 0.518. The van der Waals surface area contributed by atoms with Gasteiger partial charge in [0.25, 0.3) is 0 Å². The number of allylic oxidation sites excluding steroid dienone is 4. The monoisotopic (exact) mass is 717 g/mol. The van der Waals surface area contributed by atoms with E-state index in [9.17, 15) is 0 Å². The number of nitrogens with zero attached hydrogens (tertiary/aromatic N) is 1. The van der Waals surface area contributed by atoms with Crippen LogP contribution in [0.2, 0.25) is 0 Å².